The normalized spacial score (nSPS) is 21.3. The number of methoxy groups -OCH3 is 1. The summed E-state index contributed by atoms with van der Waals surface area (Å²) >= 11 is 0. The quantitative estimate of drug-likeness (QED) is 0.806. The zero-order chi connectivity index (χ0) is 17.9. The standard InChI is InChI=1S/C22H23NO3/c1-25-21-11-7-17(8-12-21)18-13-19-9-10-20(14-18)23(19)22(24)26-15-16-5-3-2-4-6-16/h2-8,11-13,19-20H,9-10,14-15H2,1H3. The van der Waals surface area contributed by atoms with Crippen molar-refractivity contribution < 1.29 is 14.3 Å². The molecule has 26 heavy (non-hydrogen) atoms. The van der Waals surface area contributed by atoms with E-state index in [1.807, 2.05) is 47.4 Å². The van der Waals surface area contributed by atoms with Gasteiger partial charge in [0.05, 0.1) is 13.2 Å². The smallest absolute Gasteiger partial charge is 0.410 e. The molecule has 2 bridgehead atoms. The summed E-state index contributed by atoms with van der Waals surface area (Å²) in [6, 6.07) is 18.3. The van der Waals surface area contributed by atoms with Crippen LogP contribution in [0.2, 0.25) is 0 Å². The van der Waals surface area contributed by atoms with Crippen LogP contribution in [0.4, 0.5) is 4.79 Å². The molecule has 2 unspecified atom stereocenters. The van der Waals surface area contributed by atoms with Crippen molar-refractivity contribution in [3.63, 3.8) is 0 Å². The number of hydrogen-bond donors (Lipinski definition) is 0. The summed E-state index contributed by atoms with van der Waals surface area (Å²) in [7, 11) is 1.67. The molecule has 0 aromatic heterocycles. The molecule has 4 heteroatoms. The van der Waals surface area contributed by atoms with E-state index in [2.05, 4.69) is 18.2 Å². The van der Waals surface area contributed by atoms with Gasteiger partial charge in [-0.25, -0.2) is 4.79 Å². The Morgan fingerprint density at radius 2 is 1.85 bits per heavy atom. The van der Waals surface area contributed by atoms with Gasteiger partial charge in [0.15, 0.2) is 0 Å². The van der Waals surface area contributed by atoms with Gasteiger partial charge in [-0.2, -0.15) is 0 Å². The van der Waals surface area contributed by atoms with Gasteiger partial charge in [-0.1, -0.05) is 48.5 Å². The highest BCUT2D eigenvalue weighted by Gasteiger charge is 2.40. The fraction of sp³-hybridized carbons (Fsp3) is 0.318. The van der Waals surface area contributed by atoms with E-state index >= 15 is 0 Å². The van der Waals surface area contributed by atoms with Crippen molar-refractivity contribution >= 4 is 11.7 Å². The molecular formula is C22H23NO3. The number of hydrogen-bond acceptors (Lipinski definition) is 3. The van der Waals surface area contributed by atoms with Crippen molar-refractivity contribution in [1.29, 1.82) is 0 Å². The third-order valence-electron chi connectivity index (χ3n) is 5.27. The summed E-state index contributed by atoms with van der Waals surface area (Å²) in [6.45, 7) is 0.324. The van der Waals surface area contributed by atoms with Crippen molar-refractivity contribution in [2.45, 2.75) is 38.0 Å². The van der Waals surface area contributed by atoms with E-state index in [1.165, 1.54) is 11.1 Å². The van der Waals surface area contributed by atoms with Gasteiger partial charge in [0.1, 0.15) is 12.4 Å². The molecule has 4 nitrogen and oxygen atoms in total. The zero-order valence-electron chi connectivity index (χ0n) is 14.9. The van der Waals surface area contributed by atoms with Crippen LogP contribution in [0.1, 0.15) is 30.4 Å². The Morgan fingerprint density at radius 3 is 2.54 bits per heavy atom. The highest BCUT2D eigenvalue weighted by molar-refractivity contribution is 5.75. The van der Waals surface area contributed by atoms with E-state index in [1.54, 1.807) is 7.11 Å². The first-order chi connectivity index (χ1) is 12.7. The number of nitrogens with zero attached hydrogens (tertiary/aromatic N) is 1. The molecule has 0 aliphatic carbocycles. The lowest BCUT2D eigenvalue weighted by Crippen LogP contribution is -2.43. The van der Waals surface area contributed by atoms with Crippen LogP contribution in [-0.2, 0) is 11.3 Å². The SMILES string of the molecule is COc1ccc(C2=CC3CCC(C2)N3C(=O)OCc2ccccc2)cc1. The Balaban J connectivity index is 1.45. The number of carbonyl (C=O) groups excluding carboxylic acids is 1. The second-order valence-electron chi connectivity index (χ2n) is 6.87. The monoisotopic (exact) mass is 349 g/mol. The number of fused-ring (bicyclic) bond motifs is 2. The molecule has 2 aliphatic rings. The summed E-state index contributed by atoms with van der Waals surface area (Å²) in [4.78, 5) is 14.5. The highest BCUT2D eigenvalue weighted by Crippen LogP contribution is 2.39. The molecule has 2 atom stereocenters. The Morgan fingerprint density at radius 1 is 1.08 bits per heavy atom. The molecule has 134 valence electrons. The summed E-state index contributed by atoms with van der Waals surface area (Å²) in [5.41, 5.74) is 3.53. The molecule has 0 N–H and O–H groups in total. The van der Waals surface area contributed by atoms with Gasteiger partial charge in [0.2, 0.25) is 0 Å². The molecule has 0 radical (unpaired) electrons. The maximum atomic E-state index is 12.6. The van der Waals surface area contributed by atoms with Gasteiger partial charge in [0.25, 0.3) is 0 Å². The van der Waals surface area contributed by atoms with Gasteiger partial charge >= 0.3 is 6.09 Å². The molecule has 2 aromatic rings. The van der Waals surface area contributed by atoms with Crippen LogP contribution in [0.3, 0.4) is 0 Å². The van der Waals surface area contributed by atoms with E-state index in [0.717, 1.165) is 30.6 Å². The van der Waals surface area contributed by atoms with Crippen molar-refractivity contribution in [3.05, 3.63) is 71.8 Å². The molecule has 1 amide bonds. The minimum atomic E-state index is -0.202. The van der Waals surface area contributed by atoms with Crippen molar-refractivity contribution in [2.24, 2.45) is 0 Å². The average molecular weight is 349 g/mol. The second-order valence-corrected chi connectivity index (χ2v) is 6.87. The fourth-order valence-electron chi connectivity index (χ4n) is 3.93. The lowest BCUT2D eigenvalue weighted by Gasteiger charge is -2.33. The zero-order valence-corrected chi connectivity index (χ0v) is 14.9. The van der Waals surface area contributed by atoms with E-state index in [-0.39, 0.29) is 18.2 Å². The van der Waals surface area contributed by atoms with Crippen LogP contribution in [-0.4, -0.2) is 30.2 Å². The number of amides is 1. The van der Waals surface area contributed by atoms with Crippen LogP contribution < -0.4 is 4.74 Å². The number of ether oxygens (including phenoxy) is 2. The van der Waals surface area contributed by atoms with E-state index in [4.69, 9.17) is 9.47 Å². The first-order valence-electron chi connectivity index (χ1n) is 9.09. The summed E-state index contributed by atoms with van der Waals surface area (Å²) in [5.74, 6) is 0.860. The van der Waals surface area contributed by atoms with Gasteiger partial charge in [-0.15, -0.1) is 0 Å². The van der Waals surface area contributed by atoms with Crippen LogP contribution in [0, 0.1) is 0 Å². The Labute approximate surface area is 154 Å². The Kier molecular flexibility index (Phi) is 4.65. The highest BCUT2D eigenvalue weighted by atomic mass is 16.6. The minimum Gasteiger partial charge on any atom is -0.497 e. The lowest BCUT2D eigenvalue weighted by atomic mass is 9.95. The van der Waals surface area contributed by atoms with Gasteiger partial charge in [0, 0.05) is 6.04 Å². The number of rotatable bonds is 4. The predicted octanol–water partition coefficient (Wildman–Crippen LogP) is 4.65. The van der Waals surface area contributed by atoms with E-state index in [0.29, 0.717) is 6.61 Å². The van der Waals surface area contributed by atoms with Crippen LogP contribution in [0.15, 0.2) is 60.7 Å². The minimum absolute atomic E-state index is 0.133. The van der Waals surface area contributed by atoms with Crippen LogP contribution >= 0.6 is 0 Å². The van der Waals surface area contributed by atoms with Crippen molar-refractivity contribution in [1.82, 2.24) is 4.90 Å². The molecule has 1 saturated heterocycles. The molecular weight excluding hydrogens is 326 g/mol. The fourth-order valence-corrected chi connectivity index (χ4v) is 3.93. The average Bonchev–Trinajstić information content (AvgIpc) is 2.96. The largest absolute Gasteiger partial charge is 0.497 e. The summed E-state index contributed by atoms with van der Waals surface area (Å²) in [6.07, 6.45) is 4.94. The number of benzene rings is 2. The van der Waals surface area contributed by atoms with Gasteiger partial charge < -0.3 is 9.47 Å². The van der Waals surface area contributed by atoms with Crippen LogP contribution in [0.5, 0.6) is 5.75 Å². The first-order valence-corrected chi connectivity index (χ1v) is 9.09. The summed E-state index contributed by atoms with van der Waals surface area (Å²) < 4.78 is 10.8. The second kappa shape index (κ2) is 7.24. The molecule has 2 aliphatic heterocycles. The molecule has 0 saturated carbocycles. The third kappa shape index (κ3) is 3.32. The number of carbonyl (C=O) groups is 1. The summed E-state index contributed by atoms with van der Waals surface area (Å²) in [5, 5.41) is 0. The molecule has 1 fully saturated rings. The van der Waals surface area contributed by atoms with Gasteiger partial charge in [-0.05, 0) is 48.1 Å². The Bertz CT molecular complexity index is 798. The predicted molar refractivity (Wildman–Crippen MR) is 101 cm³/mol. The molecule has 2 aromatic carbocycles. The molecule has 0 spiro atoms. The topological polar surface area (TPSA) is 38.8 Å². The van der Waals surface area contributed by atoms with Crippen molar-refractivity contribution in [2.75, 3.05) is 7.11 Å². The molecule has 2 heterocycles. The Hall–Kier alpha value is -2.75. The van der Waals surface area contributed by atoms with E-state index in [9.17, 15) is 4.79 Å². The maximum Gasteiger partial charge on any atom is 0.410 e. The molecule has 4 rings (SSSR count). The maximum absolute atomic E-state index is 12.6. The van der Waals surface area contributed by atoms with Gasteiger partial charge in [-0.3, -0.25) is 4.90 Å². The van der Waals surface area contributed by atoms with E-state index < -0.39 is 0 Å². The third-order valence-corrected chi connectivity index (χ3v) is 5.27. The van der Waals surface area contributed by atoms with Crippen molar-refractivity contribution in [3.8, 4) is 5.75 Å². The van der Waals surface area contributed by atoms with Crippen LogP contribution in [0.25, 0.3) is 5.57 Å². The first kappa shape index (κ1) is 16.7. The lowest BCUT2D eigenvalue weighted by molar-refractivity contribution is 0.0832.